The fraction of sp³-hybridized carbons (Fsp3) is 0.238. The molecule has 0 bridgehead atoms. The van der Waals surface area contributed by atoms with Gasteiger partial charge < -0.3 is 14.6 Å². The second kappa shape index (κ2) is 8.08. The first-order valence-corrected chi connectivity index (χ1v) is 10.1. The normalized spacial score (nSPS) is 17.4. The van der Waals surface area contributed by atoms with Crippen LogP contribution in [-0.2, 0) is 0 Å². The van der Waals surface area contributed by atoms with Gasteiger partial charge in [-0.15, -0.1) is 4.80 Å². The molecule has 2 aromatic carbocycles. The Bertz CT molecular complexity index is 1370. The number of alkyl halides is 2. The maximum Gasteiger partial charge on any atom is 0.295 e. The molecular formula is C21H15F5N6O2. The van der Waals surface area contributed by atoms with Crippen LogP contribution in [-0.4, -0.2) is 55.8 Å². The summed E-state index contributed by atoms with van der Waals surface area (Å²) in [6.45, 7) is -0.917. The predicted octanol–water partition coefficient (Wildman–Crippen LogP) is 3.79. The van der Waals surface area contributed by atoms with Crippen molar-refractivity contribution in [3.8, 4) is 5.69 Å². The third-order valence-electron chi connectivity index (χ3n) is 5.52. The number of carbonyl (C=O) groups excluding carboxylic acids is 1. The lowest BCUT2D eigenvalue weighted by molar-refractivity contribution is -0.0250. The minimum Gasteiger partial charge on any atom is -0.423 e. The molecule has 0 spiro atoms. The lowest BCUT2D eigenvalue weighted by Gasteiger charge is -2.28. The molecule has 0 unspecified atom stereocenters. The van der Waals surface area contributed by atoms with Gasteiger partial charge in [-0.25, -0.2) is 22.0 Å². The molecule has 0 aliphatic carbocycles. The summed E-state index contributed by atoms with van der Waals surface area (Å²) >= 11 is 0. The highest BCUT2D eigenvalue weighted by atomic mass is 19.3. The molecule has 2 aromatic heterocycles. The van der Waals surface area contributed by atoms with Crippen LogP contribution in [0, 0.1) is 17.5 Å². The van der Waals surface area contributed by atoms with Gasteiger partial charge in [0.1, 0.15) is 34.4 Å². The first kappa shape index (κ1) is 21.8. The largest absolute Gasteiger partial charge is 0.423 e. The van der Waals surface area contributed by atoms with Crippen molar-refractivity contribution < 1.29 is 31.2 Å². The molecule has 1 N–H and O–H groups in total. The van der Waals surface area contributed by atoms with Gasteiger partial charge in [0.25, 0.3) is 17.8 Å². The average molecular weight is 478 g/mol. The Morgan fingerprint density at radius 1 is 1.12 bits per heavy atom. The highest BCUT2D eigenvalue weighted by molar-refractivity contribution is 5.98. The third kappa shape index (κ3) is 3.72. The van der Waals surface area contributed by atoms with Gasteiger partial charge in [-0.2, -0.15) is 15.2 Å². The molecular weight excluding hydrogens is 463 g/mol. The van der Waals surface area contributed by atoms with Crippen molar-refractivity contribution in [2.24, 2.45) is 0 Å². The van der Waals surface area contributed by atoms with E-state index in [4.69, 9.17) is 4.42 Å². The molecule has 8 nitrogen and oxygen atoms in total. The minimum atomic E-state index is -3.34. The maximum atomic E-state index is 14.7. The van der Waals surface area contributed by atoms with Crippen molar-refractivity contribution in [2.45, 2.75) is 18.4 Å². The molecule has 4 aromatic rings. The van der Waals surface area contributed by atoms with E-state index in [-0.39, 0.29) is 11.6 Å². The highest BCUT2D eigenvalue weighted by Crippen LogP contribution is 2.36. The van der Waals surface area contributed by atoms with Crippen LogP contribution in [0.25, 0.3) is 16.8 Å². The number of anilines is 1. The maximum absolute atomic E-state index is 14.7. The molecule has 0 saturated carbocycles. The van der Waals surface area contributed by atoms with Crippen molar-refractivity contribution in [1.29, 1.82) is 0 Å². The Hall–Kier alpha value is -4.03. The van der Waals surface area contributed by atoms with Gasteiger partial charge in [-0.3, -0.25) is 4.79 Å². The monoisotopic (exact) mass is 478 g/mol. The Kier molecular flexibility index (Phi) is 5.18. The number of hydrogen-bond donors (Lipinski definition) is 1. The Morgan fingerprint density at radius 2 is 1.85 bits per heavy atom. The van der Waals surface area contributed by atoms with Crippen LogP contribution in [0.2, 0.25) is 0 Å². The summed E-state index contributed by atoms with van der Waals surface area (Å²) in [5.74, 6) is -7.15. The molecule has 0 radical (unpaired) electrons. The number of fused-ring (bicyclic) bond motifs is 1. The van der Waals surface area contributed by atoms with E-state index in [1.807, 2.05) is 0 Å². The average Bonchev–Trinajstić information content (AvgIpc) is 3.51. The van der Waals surface area contributed by atoms with E-state index in [0.29, 0.717) is 10.3 Å². The summed E-state index contributed by atoms with van der Waals surface area (Å²) in [5.41, 5.74) is -0.950. The van der Waals surface area contributed by atoms with Crippen molar-refractivity contribution >= 4 is 23.0 Å². The molecule has 1 amide bonds. The molecule has 1 aliphatic heterocycles. The molecule has 176 valence electrons. The van der Waals surface area contributed by atoms with Crippen molar-refractivity contribution in [1.82, 2.24) is 24.9 Å². The summed E-state index contributed by atoms with van der Waals surface area (Å²) < 4.78 is 77.4. The van der Waals surface area contributed by atoms with E-state index in [1.54, 1.807) is 0 Å². The molecule has 1 saturated heterocycles. The summed E-state index contributed by atoms with van der Waals surface area (Å²) in [7, 11) is 0. The predicted molar refractivity (Wildman–Crippen MR) is 108 cm³/mol. The lowest BCUT2D eigenvalue weighted by Crippen LogP contribution is -2.47. The van der Waals surface area contributed by atoms with Gasteiger partial charge in [-0.05, 0) is 24.3 Å². The summed E-state index contributed by atoms with van der Waals surface area (Å²) in [5, 5.41) is 10.0. The number of halogens is 5. The first-order valence-electron chi connectivity index (χ1n) is 10.1. The lowest BCUT2D eigenvalue weighted by atomic mass is 10.1. The zero-order valence-electron chi connectivity index (χ0n) is 17.2. The fourth-order valence-electron chi connectivity index (χ4n) is 3.90. The fourth-order valence-corrected chi connectivity index (χ4v) is 3.90. The number of nitrogens with zero attached hydrogens (tertiary/aromatic N) is 5. The molecule has 1 aliphatic rings. The minimum absolute atomic E-state index is 0.104. The number of benzene rings is 2. The second-order valence-electron chi connectivity index (χ2n) is 7.61. The van der Waals surface area contributed by atoms with E-state index in [2.05, 4.69) is 20.5 Å². The standard InChI is InChI=1S/C21H15F5N6O2/c22-11-1-4-14-15(9-11)34-20(30-14)27-10-16-21(25,26)5-8-31(16)19(33)17-12(23)2-3-13(24)18(17)32-28-6-7-29-32/h1-4,6-7,9,16H,5,8,10H2,(H,27,30)/t16-/m1/s1. The van der Waals surface area contributed by atoms with Crippen molar-refractivity contribution in [3.63, 3.8) is 0 Å². The van der Waals surface area contributed by atoms with E-state index >= 15 is 0 Å². The Balaban J connectivity index is 1.45. The summed E-state index contributed by atoms with van der Waals surface area (Å²) in [4.78, 5) is 18.8. The van der Waals surface area contributed by atoms with Gasteiger partial charge in [-0.1, -0.05) is 0 Å². The van der Waals surface area contributed by atoms with Gasteiger partial charge in [0.2, 0.25) is 0 Å². The van der Waals surface area contributed by atoms with E-state index in [0.717, 1.165) is 23.1 Å². The Labute approximate surface area is 188 Å². The van der Waals surface area contributed by atoms with Gasteiger partial charge in [0.05, 0.1) is 12.4 Å². The molecule has 34 heavy (non-hydrogen) atoms. The molecule has 13 heteroatoms. The molecule has 3 heterocycles. The van der Waals surface area contributed by atoms with Crippen LogP contribution in [0.3, 0.4) is 0 Å². The smallest absolute Gasteiger partial charge is 0.295 e. The quantitative estimate of drug-likeness (QED) is 0.439. The van der Waals surface area contributed by atoms with Crippen LogP contribution in [0.4, 0.5) is 28.0 Å². The van der Waals surface area contributed by atoms with E-state index in [1.165, 1.54) is 24.5 Å². The van der Waals surface area contributed by atoms with Gasteiger partial charge in [0, 0.05) is 25.6 Å². The zero-order chi connectivity index (χ0) is 24.0. The van der Waals surface area contributed by atoms with Crippen LogP contribution in [0.15, 0.2) is 47.1 Å². The number of nitrogens with one attached hydrogen (secondary N) is 1. The molecule has 5 rings (SSSR count). The third-order valence-corrected chi connectivity index (χ3v) is 5.52. The number of aromatic nitrogens is 4. The number of carbonyl (C=O) groups is 1. The van der Waals surface area contributed by atoms with Crippen LogP contribution >= 0.6 is 0 Å². The summed E-state index contributed by atoms with van der Waals surface area (Å²) in [6.07, 6.45) is 1.71. The number of rotatable bonds is 5. The molecule has 1 fully saturated rings. The van der Waals surface area contributed by atoms with Crippen molar-refractivity contribution in [3.05, 3.63) is 65.7 Å². The number of amides is 1. The first-order chi connectivity index (χ1) is 16.2. The summed E-state index contributed by atoms with van der Waals surface area (Å²) in [6, 6.07) is 3.25. The second-order valence-corrected chi connectivity index (χ2v) is 7.61. The number of hydrogen-bond acceptors (Lipinski definition) is 6. The van der Waals surface area contributed by atoms with Crippen LogP contribution < -0.4 is 5.32 Å². The zero-order valence-corrected chi connectivity index (χ0v) is 17.2. The molecule has 1 atom stereocenters. The van der Waals surface area contributed by atoms with E-state index in [9.17, 15) is 26.7 Å². The number of likely N-dealkylation sites (tertiary alicyclic amines) is 1. The number of oxazole rings is 1. The van der Waals surface area contributed by atoms with Crippen LogP contribution in [0.5, 0.6) is 0 Å². The van der Waals surface area contributed by atoms with Gasteiger partial charge >= 0.3 is 0 Å². The van der Waals surface area contributed by atoms with E-state index < -0.39 is 66.1 Å². The van der Waals surface area contributed by atoms with Crippen molar-refractivity contribution in [2.75, 3.05) is 18.4 Å². The van der Waals surface area contributed by atoms with Gasteiger partial charge in [0.15, 0.2) is 11.4 Å². The highest BCUT2D eigenvalue weighted by Gasteiger charge is 2.51. The topological polar surface area (TPSA) is 89.1 Å². The van der Waals surface area contributed by atoms with Crippen LogP contribution in [0.1, 0.15) is 16.8 Å². The SMILES string of the molecule is O=C(c1c(F)ccc(F)c1-n1nccn1)N1CCC(F)(F)[C@H]1CNc1nc2ccc(F)cc2o1. The Morgan fingerprint density at radius 3 is 2.62 bits per heavy atom.